The van der Waals surface area contributed by atoms with E-state index in [1.165, 1.54) is 6.07 Å². The number of piperazine rings is 1. The molecule has 2 aromatic heterocycles. The first-order valence-corrected chi connectivity index (χ1v) is 9.82. The third-order valence-electron chi connectivity index (χ3n) is 4.55. The van der Waals surface area contributed by atoms with Crippen LogP contribution in [0.5, 0.6) is 5.88 Å². The van der Waals surface area contributed by atoms with Gasteiger partial charge in [0.25, 0.3) is 0 Å². The molecule has 0 bridgehead atoms. The van der Waals surface area contributed by atoms with E-state index in [4.69, 9.17) is 4.74 Å². The Kier molecular flexibility index (Phi) is 7.31. The molecule has 7 nitrogen and oxygen atoms in total. The summed E-state index contributed by atoms with van der Waals surface area (Å²) in [6, 6.07) is 8.05. The van der Waals surface area contributed by atoms with E-state index in [9.17, 15) is 13.2 Å². The smallest absolute Gasteiger partial charge is 0.417 e. The van der Waals surface area contributed by atoms with Gasteiger partial charge in [0.2, 0.25) is 5.88 Å². The minimum absolute atomic E-state index is 0.146. The van der Waals surface area contributed by atoms with Crippen molar-refractivity contribution in [3.8, 4) is 5.88 Å². The van der Waals surface area contributed by atoms with Gasteiger partial charge < -0.3 is 19.9 Å². The second-order valence-electron chi connectivity index (χ2n) is 6.63. The predicted molar refractivity (Wildman–Crippen MR) is 109 cm³/mol. The van der Waals surface area contributed by atoms with Gasteiger partial charge in [-0.1, -0.05) is 6.07 Å². The highest BCUT2D eigenvalue weighted by Crippen LogP contribution is 2.29. The summed E-state index contributed by atoms with van der Waals surface area (Å²) >= 11 is 0. The highest BCUT2D eigenvalue weighted by atomic mass is 19.4. The summed E-state index contributed by atoms with van der Waals surface area (Å²) in [7, 11) is 0. The number of anilines is 1. The number of guanidine groups is 1. The molecule has 2 aromatic rings. The number of halogens is 3. The third kappa shape index (κ3) is 5.98. The predicted octanol–water partition coefficient (Wildman–Crippen LogP) is 2.66. The fourth-order valence-electron chi connectivity index (χ4n) is 3.05. The molecule has 0 saturated carbocycles. The van der Waals surface area contributed by atoms with Gasteiger partial charge in [-0.3, -0.25) is 0 Å². The number of nitrogens with one attached hydrogen (secondary N) is 1. The molecule has 0 spiro atoms. The quantitative estimate of drug-likeness (QED) is 0.439. The Balaban J connectivity index is 1.49. The maximum atomic E-state index is 12.6. The van der Waals surface area contributed by atoms with Crippen LogP contribution in [0.4, 0.5) is 19.0 Å². The van der Waals surface area contributed by atoms with Gasteiger partial charge in [-0.25, -0.2) is 15.0 Å². The summed E-state index contributed by atoms with van der Waals surface area (Å²) in [6.07, 6.45) is -1.85. The summed E-state index contributed by atoms with van der Waals surface area (Å²) in [6.45, 7) is 6.63. The molecule has 1 aliphatic rings. The van der Waals surface area contributed by atoms with Crippen LogP contribution in [0.25, 0.3) is 0 Å². The summed E-state index contributed by atoms with van der Waals surface area (Å²) < 4.78 is 43.1. The molecule has 3 heterocycles. The summed E-state index contributed by atoms with van der Waals surface area (Å²) in [5.74, 6) is 1.91. The van der Waals surface area contributed by atoms with Crippen molar-refractivity contribution < 1.29 is 17.9 Å². The molecule has 0 atom stereocenters. The first kappa shape index (κ1) is 21.7. The Labute approximate surface area is 173 Å². The van der Waals surface area contributed by atoms with Crippen LogP contribution in [0.1, 0.15) is 12.5 Å². The van der Waals surface area contributed by atoms with E-state index in [-0.39, 0.29) is 12.5 Å². The van der Waals surface area contributed by atoms with Crippen LogP contribution in [-0.2, 0) is 6.18 Å². The summed E-state index contributed by atoms with van der Waals surface area (Å²) in [4.78, 5) is 17.1. The number of pyridine rings is 2. The zero-order chi connectivity index (χ0) is 21.4. The molecule has 0 aromatic carbocycles. The molecule has 10 heteroatoms. The summed E-state index contributed by atoms with van der Waals surface area (Å²) in [5, 5.41) is 3.28. The molecular formula is C20H25F3N6O. The zero-order valence-electron chi connectivity index (χ0n) is 16.8. The normalized spacial score (nSPS) is 15.3. The van der Waals surface area contributed by atoms with E-state index < -0.39 is 11.7 Å². The van der Waals surface area contributed by atoms with E-state index in [0.717, 1.165) is 56.8 Å². The number of hydrogen-bond donors (Lipinski definition) is 1. The average Bonchev–Trinajstić information content (AvgIpc) is 2.76. The van der Waals surface area contributed by atoms with Gasteiger partial charge in [0.05, 0.1) is 12.1 Å². The molecule has 1 N–H and O–H groups in total. The highest BCUT2D eigenvalue weighted by Gasteiger charge is 2.30. The number of alkyl halides is 3. The van der Waals surface area contributed by atoms with Gasteiger partial charge in [-0.05, 0) is 25.1 Å². The van der Waals surface area contributed by atoms with Crippen molar-refractivity contribution >= 4 is 11.8 Å². The van der Waals surface area contributed by atoms with Crippen LogP contribution in [-0.4, -0.2) is 66.7 Å². The van der Waals surface area contributed by atoms with Crippen molar-refractivity contribution in [3.63, 3.8) is 0 Å². The highest BCUT2D eigenvalue weighted by molar-refractivity contribution is 5.80. The van der Waals surface area contributed by atoms with Crippen molar-refractivity contribution in [2.45, 2.75) is 13.1 Å². The standard InChI is InChI=1S/C20H25F3N6O/c1-2-24-19(29-12-10-28(11-13-29)17-5-3-4-8-25-17)26-9-14-30-18-7-6-16(15-27-18)20(21,22)23/h3-8,15H,2,9-14H2,1H3,(H,24,26). The van der Waals surface area contributed by atoms with Crippen LogP contribution >= 0.6 is 0 Å². The van der Waals surface area contributed by atoms with E-state index in [2.05, 4.69) is 30.1 Å². The maximum Gasteiger partial charge on any atom is 0.417 e. The molecule has 162 valence electrons. The largest absolute Gasteiger partial charge is 0.476 e. The molecule has 1 fully saturated rings. The van der Waals surface area contributed by atoms with E-state index >= 15 is 0 Å². The SMILES string of the molecule is CCNC(=NCCOc1ccc(C(F)(F)F)cn1)N1CCN(c2ccccn2)CC1. The first-order chi connectivity index (χ1) is 14.5. The number of nitrogens with zero attached hydrogens (tertiary/aromatic N) is 5. The molecule has 3 rings (SSSR count). The van der Waals surface area contributed by atoms with Crippen molar-refractivity contribution in [1.82, 2.24) is 20.2 Å². The van der Waals surface area contributed by atoms with E-state index in [1.807, 2.05) is 25.1 Å². The molecule has 0 amide bonds. The van der Waals surface area contributed by atoms with Crippen LogP contribution in [0.15, 0.2) is 47.7 Å². The van der Waals surface area contributed by atoms with Crippen molar-refractivity contribution in [2.24, 2.45) is 4.99 Å². The lowest BCUT2D eigenvalue weighted by Crippen LogP contribution is -2.52. The van der Waals surface area contributed by atoms with Crippen molar-refractivity contribution in [3.05, 3.63) is 48.3 Å². The van der Waals surface area contributed by atoms with Crippen molar-refractivity contribution in [2.75, 3.05) is 50.8 Å². The minimum Gasteiger partial charge on any atom is -0.476 e. The topological polar surface area (TPSA) is 65.9 Å². The maximum absolute atomic E-state index is 12.6. The Hall–Kier alpha value is -3.04. The Morgan fingerprint density at radius 3 is 2.53 bits per heavy atom. The Morgan fingerprint density at radius 1 is 1.13 bits per heavy atom. The lowest BCUT2D eigenvalue weighted by molar-refractivity contribution is -0.137. The lowest BCUT2D eigenvalue weighted by Gasteiger charge is -2.37. The number of ether oxygens (including phenoxy) is 1. The summed E-state index contributed by atoms with van der Waals surface area (Å²) in [5.41, 5.74) is -0.799. The van der Waals surface area contributed by atoms with Crippen LogP contribution in [0.2, 0.25) is 0 Å². The fourth-order valence-corrected chi connectivity index (χ4v) is 3.05. The second kappa shape index (κ2) is 10.1. The number of rotatable bonds is 6. The number of aliphatic imine (C=N–C) groups is 1. The van der Waals surface area contributed by atoms with Gasteiger partial charge in [0.15, 0.2) is 5.96 Å². The van der Waals surface area contributed by atoms with Crippen LogP contribution in [0, 0.1) is 0 Å². The lowest BCUT2D eigenvalue weighted by atomic mass is 10.3. The van der Waals surface area contributed by atoms with Gasteiger partial charge in [-0.2, -0.15) is 13.2 Å². The first-order valence-electron chi connectivity index (χ1n) is 9.82. The van der Waals surface area contributed by atoms with Gasteiger partial charge in [0.1, 0.15) is 12.4 Å². The second-order valence-corrected chi connectivity index (χ2v) is 6.63. The zero-order valence-corrected chi connectivity index (χ0v) is 16.8. The minimum atomic E-state index is -4.41. The molecule has 0 aliphatic carbocycles. The third-order valence-corrected chi connectivity index (χ3v) is 4.55. The molecule has 1 aliphatic heterocycles. The number of hydrogen-bond acceptors (Lipinski definition) is 5. The fraction of sp³-hybridized carbons (Fsp3) is 0.450. The van der Waals surface area contributed by atoms with Gasteiger partial charge in [0, 0.05) is 51.2 Å². The Bertz CT molecular complexity index is 806. The Morgan fingerprint density at radius 2 is 1.93 bits per heavy atom. The van der Waals surface area contributed by atoms with E-state index in [1.54, 1.807) is 6.20 Å². The van der Waals surface area contributed by atoms with Gasteiger partial charge >= 0.3 is 6.18 Å². The average molecular weight is 422 g/mol. The molecule has 1 saturated heterocycles. The molecule has 0 unspecified atom stereocenters. The number of aromatic nitrogens is 2. The monoisotopic (exact) mass is 422 g/mol. The van der Waals surface area contributed by atoms with Crippen LogP contribution in [0.3, 0.4) is 0 Å². The van der Waals surface area contributed by atoms with Crippen LogP contribution < -0.4 is 15.0 Å². The van der Waals surface area contributed by atoms with Crippen molar-refractivity contribution in [1.29, 1.82) is 0 Å². The molecule has 0 radical (unpaired) electrons. The van der Waals surface area contributed by atoms with E-state index in [0.29, 0.717) is 6.54 Å². The molecular weight excluding hydrogens is 397 g/mol. The molecule has 30 heavy (non-hydrogen) atoms. The van der Waals surface area contributed by atoms with Gasteiger partial charge in [-0.15, -0.1) is 0 Å².